The van der Waals surface area contributed by atoms with Gasteiger partial charge in [-0.05, 0) is 44.2 Å². The molecule has 0 saturated heterocycles. The van der Waals surface area contributed by atoms with E-state index in [1.54, 1.807) is 14.0 Å². The van der Waals surface area contributed by atoms with Crippen LogP contribution in [0.15, 0.2) is 48.7 Å². The van der Waals surface area contributed by atoms with E-state index in [2.05, 4.69) is 10.3 Å². The normalized spacial score (nSPS) is 10.5. The summed E-state index contributed by atoms with van der Waals surface area (Å²) in [6.07, 6.45) is 1.51. The predicted molar refractivity (Wildman–Crippen MR) is 105 cm³/mol. The SMILES string of the molecule is CCOC(=O)c1cnc2c(OC)cccc2c1Nc1ccc(OCC)cc1. The van der Waals surface area contributed by atoms with Crippen LogP contribution in [0, 0.1) is 0 Å². The highest BCUT2D eigenvalue weighted by molar-refractivity contribution is 6.07. The first-order valence-electron chi connectivity index (χ1n) is 8.80. The van der Waals surface area contributed by atoms with Crippen molar-refractivity contribution >= 4 is 28.2 Å². The van der Waals surface area contributed by atoms with E-state index >= 15 is 0 Å². The fraction of sp³-hybridized carbons (Fsp3) is 0.238. The Bertz CT molecular complexity index is 939. The molecule has 3 aromatic rings. The molecular weight excluding hydrogens is 344 g/mol. The largest absolute Gasteiger partial charge is 0.494 e. The van der Waals surface area contributed by atoms with Gasteiger partial charge in [0.15, 0.2) is 0 Å². The van der Waals surface area contributed by atoms with Gasteiger partial charge in [-0.1, -0.05) is 12.1 Å². The van der Waals surface area contributed by atoms with E-state index in [0.717, 1.165) is 16.8 Å². The highest BCUT2D eigenvalue weighted by atomic mass is 16.5. The molecule has 0 saturated carbocycles. The first kappa shape index (κ1) is 18.5. The van der Waals surface area contributed by atoms with Gasteiger partial charge in [-0.25, -0.2) is 4.79 Å². The van der Waals surface area contributed by atoms with Crippen molar-refractivity contribution in [3.8, 4) is 11.5 Å². The molecule has 0 aliphatic heterocycles. The lowest BCUT2D eigenvalue weighted by Gasteiger charge is -2.15. The van der Waals surface area contributed by atoms with Crippen LogP contribution in [0.25, 0.3) is 10.9 Å². The first-order chi connectivity index (χ1) is 13.2. The molecular formula is C21H22N2O4. The van der Waals surface area contributed by atoms with E-state index in [1.165, 1.54) is 6.20 Å². The lowest BCUT2D eigenvalue weighted by molar-refractivity contribution is 0.0527. The third kappa shape index (κ3) is 3.95. The maximum absolute atomic E-state index is 12.4. The first-order valence-corrected chi connectivity index (χ1v) is 8.80. The summed E-state index contributed by atoms with van der Waals surface area (Å²) < 4.78 is 16.1. The zero-order chi connectivity index (χ0) is 19.2. The molecule has 0 unspecified atom stereocenters. The minimum atomic E-state index is -0.428. The van der Waals surface area contributed by atoms with Crippen molar-refractivity contribution in [3.63, 3.8) is 0 Å². The van der Waals surface area contributed by atoms with E-state index in [1.807, 2.05) is 49.4 Å². The number of para-hydroxylation sites is 1. The number of pyridine rings is 1. The zero-order valence-electron chi connectivity index (χ0n) is 15.6. The molecule has 1 N–H and O–H groups in total. The van der Waals surface area contributed by atoms with Crippen molar-refractivity contribution in [2.45, 2.75) is 13.8 Å². The fourth-order valence-electron chi connectivity index (χ4n) is 2.80. The van der Waals surface area contributed by atoms with Crippen LogP contribution in [-0.2, 0) is 4.74 Å². The van der Waals surface area contributed by atoms with Gasteiger partial charge in [-0.3, -0.25) is 4.98 Å². The van der Waals surface area contributed by atoms with Crippen molar-refractivity contribution in [1.82, 2.24) is 4.98 Å². The van der Waals surface area contributed by atoms with Crippen LogP contribution in [0.1, 0.15) is 24.2 Å². The molecule has 0 fully saturated rings. The molecule has 1 heterocycles. The minimum Gasteiger partial charge on any atom is -0.494 e. The Labute approximate surface area is 158 Å². The van der Waals surface area contributed by atoms with Crippen LogP contribution in [0.3, 0.4) is 0 Å². The van der Waals surface area contributed by atoms with Gasteiger partial charge in [-0.15, -0.1) is 0 Å². The summed E-state index contributed by atoms with van der Waals surface area (Å²) in [6.45, 7) is 4.61. The van der Waals surface area contributed by atoms with Crippen molar-refractivity contribution in [2.75, 3.05) is 25.6 Å². The number of rotatable bonds is 7. The molecule has 0 aliphatic rings. The van der Waals surface area contributed by atoms with Gasteiger partial charge in [0.2, 0.25) is 0 Å². The van der Waals surface area contributed by atoms with Crippen molar-refractivity contribution in [3.05, 3.63) is 54.2 Å². The Kier molecular flexibility index (Phi) is 5.76. The van der Waals surface area contributed by atoms with Gasteiger partial charge in [0.25, 0.3) is 0 Å². The molecule has 2 aromatic carbocycles. The molecule has 0 atom stereocenters. The lowest BCUT2D eigenvalue weighted by atomic mass is 10.1. The van der Waals surface area contributed by atoms with E-state index < -0.39 is 5.97 Å². The highest BCUT2D eigenvalue weighted by Crippen LogP contribution is 2.34. The zero-order valence-corrected chi connectivity index (χ0v) is 15.6. The third-order valence-electron chi connectivity index (χ3n) is 4.01. The fourth-order valence-corrected chi connectivity index (χ4v) is 2.80. The van der Waals surface area contributed by atoms with E-state index in [4.69, 9.17) is 14.2 Å². The maximum Gasteiger partial charge on any atom is 0.341 e. The van der Waals surface area contributed by atoms with E-state index in [9.17, 15) is 4.79 Å². The molecule has 0 spiro atoms. The van der Waals surface area contributed by atoms with Crippen molar-refractivity contribution < 1.29 is 19.0 Å². The highest BCUT2D eigenvalue weighted by Gasteiger charge is 2.18. The van der Waals surface area contributed by atoms with Crippen LogP contribution < -0.4 is 14.8 Å². The number of ether oxygens (including phenoxy) is 3. The molecule has 0 amide bonds. The maximum atomic E-state index is 12.4. The van der Waals surface area contributed by atoms with Crippen LogP contribution in [0.4, 0.5) is 11.4 Å². The number of nitrogens with zero attached hydrogens (tertiary/aromatic N) is 1. The molecule has 0 bridgehead atoms. The number of nitrogens with one attached hydrogen (secondary N) is 1. The average Bonchev–Trinajstić information content (AvgIpc) is 2.69. The van der Waals surface area contributed by atoms with Crippen LogP contribution in [0.5, 0.6) is 11.5 Å². The number of anilines is 2. The third-order valence-corrected chi connectivity index (χ3v) is 4.01. The summed E-state index contributed by atoms with van der Waals surface area (Å²) in [4.78, 5) is 16.8. The van der Waals surface area contributed by atoms with Crippen molar-refractivity contribution in [2.24, 2.45) is 0 Å². The minimum absolute atomic E-state index is 0.289. The Balaban J connectivity index is 2.09. The molecule has 3 rings (SSSR count). The topological polar surface area (TPSA) is 69.7 Å². The molecule has 0 aliphatic carbocycles. The number of esters is 1. The molecule has 6 heteroatoms. The second kappa shape index (κ2) is 8.40. The molecule has 0 radical (unpaired) electrons. The summed E-state index contributed by atoms with van der Waals surface area (Å²) in [5.41, 5.74) is 2.48. The van der Waals surface area contributed by atoms with Gasteiger partial charge in [-0.2, -0.15) is 0 Å². The number of carbonyl (C=O) groups excluding carboxylic acids is 1. The monoisotopic (exact) mass is 366 g/mol. The van der Waals surface area contributed by atoms with Crippen LogP contribution >= 0.6 is 0 Å². The molecule has 140 valence electrons. The number of hydrogen-bond donors (Lipinski definition) is 1. The van der Waals surface area contributed by atoms with Gasteiger partial charge < -0.3 is 19.5 Å². The van der Waals surface area contributed by atoms with Gasteiger partial charge in [0.05, 0.1) is 26.0 Å². The number of aromatic nitrogens is 1. The number of methoxy groups -OCH3 is 1. The molecule has 6 nitrogen and oxygen atoms in total. The summed E-state index contributed by atoms with van der Waals surface area (Å²) in [7, 11) is 1.59. The summed E-state index contributed by atoms with van der Waals surface area (Å²) in [6, 6.07) is 13.1. The number of hydrogen-bond acceptors (Lipinski definition) is 6. The number of fused-ring (bicyclic) bond motifs is 1. The summed E-state index contributed by atoms with van der Waals surface area (Å²) >= 11 is 0. The van der Waals surface area contributed by atoms with Crippen LogP contribution in [-0.4, -0.2) is 31.3 Å². The molecule has 1 aromatic heterocycles. The second-order valence-corrected chi connectivity index (χ2v) is 5.71. The van der Waals surface area contributed by atoms with Gasteiger partial charge in [0.1, 0.15) is 22.6 Å². The Morgan fingerprint density at radius 1 is 1.07 bits per heavy atom. The second-order valence-electron chi connectivity index (χ2n) is 5.71. The summed E-state index contributed by atoms with van der Waals surface area (Å²) in [5, 5.41) is 4.10. The Morgan fingerprint density at radius 2 is 1.85 bits per heavy atom. The van der Waals surface area contributed by atoms with Gasteiger partial charge >= 0.3 is 5.97 Å². The summed E-state index contributed by atoms with van der Waals surface area (Å²) in [5.74, 6) is 0.996. The number of carbonyl (C=O) groups is 1. The van der Waals surface area contributed by atoms with Crippen LogP contribution in [0.2, 0.25) is 0 Å². The Morgan fingerprint density at radius 3 is 2.52 bits per heavy atom. The smallest absolute Gasteiger partial charge is 0.341 e. The number of benzene rings is 2. The lowest BCUT2D eigenvalue weighted by Crippen LogP contribution is -2.09. The predicted octanol–water partition coefficient (Wildman–Crippen LogP) is 4.56. The van der Waals surface area contributed by atoms with Gasteiger partial charge in [0, 0.05) is 17.3 Å². The standard InChI is InChI=1S/C21H22N2O4/c1-4-26-15-11-9-14(10-12-15)23-19-16-7-6-8-18(25-3)20(16)22-13-17(19)21(24)27-5-2/h6-13H,4-5H2,1-3H3,(H,22,23). The van der Waals surface area contributed by atoms with E-state index in [0.29, 0.717) is 29.1 Å². The Hall–Kier alpha value is -3.28. The van der Waals surface area contributed by atoms with Crippen molar-refractivity contribution in [1.29, 1.82) is 0 Å². The molecule has 27 heavy (non-hydrogen) atoms. The van der Waals surface area contributed by atoms with E-state index in [-0.39, 0.29) is 6.61 Å². The quantitative estimate of drug-likeness (QED) is 0.618. The average molecular weight is 366 g/mol.